The highest BCUT2D eigenvalue weighted by atomic mass is 32.1. The molecule has 3 aliphatic rings. The molecule has 0 spiro atoms. The number of phenols is 1. The van der Waals surface area contributed by atoms with Crippen molar-refractivity contribution >= 4 is 23.1 Å². The maximum Gasteiger partial charge on any atom is 0.336 e. The molecule has 7 nitrogen and oxygen atoms in total. The van der Waals surface area contributed by atoms with E-state index < -0.39 is 11.9 Å². The number of esters is 1. The lowest BCUT2D eigenvalue weighted by atomic mass is 9.72. The predicted octanol–water partition coefficient (Wildman–Crippen LogP) is 4.55. The largest absolute Gasteiger partial charge is 0.504 e. The van der Waals surface area contributed by atoms with Crippen LogP contribution in [-0.4, -0.2) is 43.3 Å². The van der Waals surface area contributed by atoms with Gasteiger partial charge >= 0.3 is 5.97 Å². The highest BCUT2D eigenvalue weighted by Crippen LogP contribution is 2.47. The highest BCUT2D eigenvalue weighted by molar-refractivity contribution is 7.10. The average Bonchev–Trinajstić information content (AvgIpc) is 3.56. The van der Waals surface area contributed by atoms with Gasteiger partial charge in [0, 0.05) is 46.7 Å². The van der Waals surface area contributed by atoms with Crippen LogP contribution < -0.4 is 10.1 Å². The second kappa shape index (κ2) is 9.87. The minimum absolute atomic E-state index is 0.00433. The maximum atomic E-state index is 13.6. The highest BCUT2D eigenvalue weighted by Gasteiger charge is 2.42. The molecule has 1 aromatic heterocycles. The van der Waals surface area contributed by atoms with Crippen LogP contribution in [0, 0.1) is 0 Å². The number of phenolic OH excluding ortho intramolecular Hbond substituents is 1. The van der Waals surface area contributed by atoms with Crippen molar-refractivity contribution in [3.63, 3.8) is 0 Å². The van der Waals surface area contributed by atoms with Crippen LogP contribution in [0.25, 0.3) is 0 Å². The normalized spacial score (nSPS) is 24.3. The van der Waals surface area contributed by atoms with E-state index in [0.717, 1.165) is 18.5 Å². The molecular weight excluding hydrogens is 466 g/mol. The number of dihydropyridines is 1. The van der Waals surface area contributed by atoms with Crippen molar-refractivity contribution in [2.24, 2.45) is 0 Å². The Morgan fingerprint density at radius 2 is 2.14 bits per heavy atom. The number of Topliss-reactive ketones (excluding diaryl/α,β-unsaturated/α-hetero) is 1. The quantitative estimate of drug-likeness (QED) is 0.568. The number of carbonyl (C=O) groups is 2. The third-order valence-corrected chi connectivity index (χ3v) is 7.99. The fourth-order valence-electron chi connectivity index (χ4n) is 5.26. The molecular formula is C27H29NO6S. The Balaban J connectivity index is 1.53. The lowest BCUT2D eigenvalue weighted by Crippen LogP contribution is -2.36. The molecule has 3 atom stereocenters. The molecule has 0 saturated carbocycles. The first-order chi connectivity index (χ1) is 17.0. The number of rotatable bonds is 6. The number of aromatic hydroxyl groups is 1. The fourth-order valence-corrected chi connectivity index (χ4v) is 6.09. The molecule has 1 aliphatic carbocycles. The molecule has 5 rings (SSSR count). The molecule has 0 amide bonds. The summed E-state index contributed by atoms with van der Waals surface area (Å²) in [5.74, 6) is -0.699. The van der Waals surface area contributed by atoms with Crippen LogP contribution >= 0.6 is 11.3 Å². The Hall–Kier alpha value is -3.10. The molecule has 2 aliphatic heterocycles. The monoisotopic (exact) mass is 495 g/mol. The predicted molar refractivity (Wildman–Crippen MR) is 131 cm³/mol. The SMILES string of the molecule is COc1cc([C@H]2C(C(=O)OC[C@@H]3CCCO3)=C(C)NC3=C2C(=O)C[C@H](c2cccs2)C3)ccc1O. The summed E-state index contributed by atoms with van der Waals surface area (Å²) in [6.45, 7) is 2.70. The first kappa shape index (κ1) is 23.6. The van der Waals surface area contributed by atoms with E-state index in [-0.39, 0.29) is 35.9 Å². The van der Waals surface area contributed by atoms with Gasteiger partial charge in [-0.25, -0.2) is 4.79 Å². The van der Waals surface area contributed by atoms with E-state index in [0.29, 0.717) is 41.9 Å². The lowest BCUT2D eigenvalue weighted by molar-refractivity contribution is -0.142. The third-order valence-electron chi connectivity index (χ3n) is 6.95. The van der Waals surface area contributed by atoms with Gasteiger partial charge in [0.15, 0.2) is 17.3 Å². The number of nitrogens with one attached hydrogen (secondary N) is 1. The Kier molecular flexibility index (Phi) is 6.67. The summed E-state index contributed by atoms with van der Waals surface area (Å²) < 4.78 is 16.6. The van der Waals surface area contributed by atoms with Gasteiger partial charge in [-0.3, -0.25) is 4.79 Å². The molecule has 35 heavy (non-hydrogen) atoms. The number of hydrogen-bond acceptors (Lipinski definition) is 8. The van der Waals surface area contributed by atoms with Gasteiger partial charge in [0.2, 0.25) is 0 Å². The van der Waals surface area contributed by atoms with Gasteiger partial charge < -0.3 is 24.6 Å². The number of ketones is 1. The number of allylic oxidation sites excluding steroid dienone is 3. The Morgan fingerprint density at radius 1 is 1.29 bits per heavy atom. The molecule has 184 valence electrons. The van der Waals surface area contributed by atoms with Crippen molar-refractivity contribution in [1.29, 1.82) is 0 Å². The van der Waals surface area contributed by atoms with Crippen molar-refractivity contribution in [2.45, 2.75) is 50.5 Å². The van der Waals surface area contributed by atoms with E-state index in [1.165, 1.54) is 18.1 Å². The summed E-state index contributed by atoms with van der Waals surface area (Å²) in [6, 6.07) is 9.02. The van der Waals surface area contributed by atoms with Crippen LogP contribution in [-0.2, 0) is 19.1 Å². The third kappa shape index (κ3) is 4.60. The van der Waals surface area contributed by atoms with Crippen molar-refractivity contribution in [3.8, 4) is 11.5 Å². The molecule has 2 aromatic rings. The summed E-state index contributed by atoms with van der Waals surface area (Å²) in [7, 11) is 1.47. The number of ether oxygens (including phenoxy) is 3. The summed E-state index contributed by atoms with van der Waals surface area (Å²) in [5.41, 5.74) is 3.18. The van der Waals surface area contributed by atoms with Crippen LogP contribution in [0.15, 0.2) is 58.3 Å². The second-order valence-electron chi connectivity index (χ2n) is 9.20. The van der Waals surface area contributed by atoms with Gasteiger partial charge in [-0.05, 0) is 55.3 Å². The number of methoxy groups -OCH3 is 1. The molecule has 0 radical (unpaired) electrons. The standard InChI is InChI=1S/C27H29NO6S/c1-15-24(27(31)34-14-18-5-3-9-33-18)25(16-7-8-20(29)22(13-16)32-2)26-19(28-15)11-17(12-21(26)30)23-6-4-10-35-23/h4,6-8,10,13,17-18,25,28-29H,3,5,9,11-12,14H2,1-2H3/t17-,18+,25+/m1/s1. The average molecular weight is 496 g/mol. The van der Waals surface area contributed by atoms with Gasteiger partial charge in [-0.1, -0.05) is 12.1 Å². The van der Waals surface area contributed by atoms with Gasteiger partial charge in [0.25, 0.3) is 0 Å². The van der Waals surface area contributed by atoms with Crippen LogP contribution in [0.4, 0.5) is 0 Å². The molecule has 0 bridgehead atoms. The van der Waals surface area contributed by atoms with E-state index in [1.54, 1.807) is 23.5 Å². The summed E-state index contributed by atoms with van der Waals surface area (Å²) in [5, 5.41) is 15.6. The minimum Gasteiger partial charge on any atom is -0.504 e. The minimum atomic E-state index is -0.616. The summed E-state index contributed by atoms with van der Waals surface area (Å²) in [4.78, 5) is 28.2. The lowest BCUT2D eigenvalue weighted by Gasteiger charge is -2.36. The first-order valence-corrected chi connectivity index (χ1v) is 12.8. The van der Waals surface area contributed by atoms with Gasteiger partial charge in [0.05, 0.1) is 18.8 Å². The van der Waals surface area contributed by atoms with E-state index in [9.17, 15) is 14.7 Å². The van der Waals surface area contributed by atoms with E-state index >= 15 is 0 Å². The fraction of sp³-hybridized carbons (Fsp3) is 0.407. The number of hydrogen-bond donors (Lipinski definition) is 2. The Bertz CT molecular complexity index is 1190. The number of benzene rings is 1. The number of thiophene rings is 1. The smallest absolute Gasteiger partial charge is 0.336 e. The van der Waals surface area contributed by atoms with Gasteiger partial charge in [0.1, 0.15) is 6.61 Å². The Morgan fingerprint density at radius 3 is 2.86 bits per heavy atom. The Labute approximate surface area is 208 Å². The summed E-state index contributed by atoms with van der Waals surface area (Å²) >= 11 is 1.65. The van der Waals surface area contributed by atoms with Crippen LogP contribution in [0.3, 0.4) is 0 Å². The van der Waals surface area contributed by atoms with Crippen molar-refractivity contribution in [1.82, 2.24) is 5.32 Å². The summed E-state index contributed by atoms with van der Waals surface area (Å²) in [6.07, 6.45) is 2.78. The second-order valence-corrected chi connectivity index (χ2v) is 10.2. The zero-order valence-corrected chi connectivity index (χ0v) is 20.7. The van der Waals surface area contributed by atoms with Crippen molar-refractivity contribution in [3.05, 3.63) is 68.7 Å². The van der Waals surface area contributed by atoms with Crippen LogP contribution in [0.5, 0.6) is 11.5 Å². The zero-order chi connectivity index (χ0) is 24.5. The maximum absolute atomic E-state index is 13.6. The van der Waals surface area contributed by atoms with Gasteiger partial charge in [-0.15, -0.1) is 11.3 Å². The molecule has 0 unspecified atom stereocenters. The molecule has 3 heterocycles. The van der Waals surface area contributed by atoms with E-state index in [2.05, 4.69) is 11.4 Å². The first-order valence-electron chi connectivity index (χ1n) is 11.9. The van der Waals surface area contributed by atoms with Gasteiger partial charge in [-0.2, -0.15) is 0 Å². The van der Waals surface area contributed by atoms with E-state index in [4.69, 9.17) is 14.2 Å². The van der Waals surface area contributed by atoms with Crippen molar-refractivity contribution in [2.75, 3.05) is 20.3 Å². The molecule has 1 aromatic carbocycles. The zero-order valence-electron chi connectivity index (χ0n) is 19.8. The molecule has 1 saturated heterocycles. The van der Waals surface area contributed by atoms with E-state index in [1.807, 2.05) is 18.4 Å². The molecule has 8 heteroatoms. The van der Waals surface area contributed by atoms with Crippen molar-refractivity contribution < 1.29 is 28.9 Å². The topological polar surface area (TPSA) is 94.1 Å². The molecule has 1 fully saturated rings. The van der Waals surface area contributed by atoms with Crippen LogP contribution in [0.2, 0.25) is 0 Å². The number of carbonyl (C=O) groups excluding carboxylic acids is 2. The molecule has 2 N–H and O–H groups in total. The van der Waals surface area contributed by atoms with Crippen LogP contribution in [0.1, 0.15) is 54.9 Å².